The quantitative estimate of drug-likeness (QED) is 0.275. The summed E-state index contributed by atoms with van der Waals surface area (Å²) in [5.41, 5.74) is 0.173. The van der Waals surface area contributed by atoms with E-state index in [4.69, 9.17) is 23.2 Å². The van der Waals surface area contributed by atoms with Crippen molar-refractivity contribution in [1.82, 2.24) is 0 Å². The first kappa shape index (κ1) is 16.4. The topological polar surface area (TPSA) is 60.4 Å². The number of benzene rings is 1. The van der Waals surface area contributed by atoms with Gasteiger partial charge in [-0.15, -0.1) is 0 Å². The molecule has 0 unspecified atom stereocenters. The molecule has 0 aliphatic carbocycles. The van der Waals surface area contributed by atoms with Gasteiger partial charge >= 0.3 is 5.97 Å². The highest BCUT2D eigenvalue weighted by atomic mass is 35.5. The zero-order valence-electron chi connectivity index (χ0n) is 10.9. The van der Waals surface area contributed by atoms with E-state index < -0.39 is 17.5 Å². The van der Waals surface area contributed by atoms with Gasteiger partial charge in [-0.3, -0.25) is 9.59 Å². The number of carbonyl (C=O) groups is 3. The van der Waals surface area contributed by atoms with Crippen molar-refractivity contribution in [1.29, 1.82) is 0 Å². The van der Waals surface area contributed by atoms with E-state index in [-0.39, 0.29) is 12.2 Å². The van der Waals surface area contributed by atoms with Gasteiger partial charge in [-0.25, -0.2) is 4.79 Å². The minimum absolute atomic E-state index is 0.0543. The molecule has 0 aromatic heterocycles. The van der Waals surface area contributed by atoms with E-state index in [1.165, 1.54) is 31.2 Å². The molecule has 1 rings (SSSR count). The molecule has 0 fully saturated rings. The van der Waals surface area contributed by atoms with Crippen LogP contribution in [0.3, 0.4) is 0 Å². The summed E-state index contributed by atoms with van der Waals surface area (Å²) in [5, 5.41) is 0.713. The third-order valence-electron chi connectivity index (χ3n) is 2.28. The Hall–Kier alpha value is -1.65. The third-order valence-corrected chi connectivity index (χ3v) is 2.72. The fourth-order valence-corrected chi connectivity index (χ4v) is 2.00. The fraction of sp³-hybridized carbons (Fsp3) is 0.214. The molecule has 0 radical (unpaired) electrons. The van der Waals surface area contributed by atoms with Crippen LogP contribution in [-0.2, 0) is 19.1 Å². The van der Waals surface area contributed by atoms with Gasteiger partial charge in [0.2, 0.25) is 0 Å². The van der Waals surface area contributed by atoms with Crippen LogP contribution in [0.5, 0.6) is 0 Å². The average molecular weight is 315 g/mol. The number of esters is 1. The predicted octanol–water partition coefficient (Wildman–Crippen LogP) is 3.10. The van der Waals surface area contributed by atoms with Gasteiger partial charge < -0.3 is 4.74 Å². The largest absolute Gasteiger partial charge is 0.460 e. The van der Waals surface area contributed by atoms with Crippen LogP contribution in [-0.4, -0.2) is 24.1 Å². The van der Waals surface area contributed by atoms with Crippen molar-refractivity contribution in [2.45, 2.75) is 13.8 Å². The summed E-state index contributed by atoms with van der Waals surface area (Å²) >= 11 is 11.7. The van der Waals surface area contributed by atoms with Gasteiger partial charge in [0.15, 0.2) is 5.78 Å². The maximum Gasteiger partial charge on any atom is 0.379 e. The molecule has 0 saturated carbocycles. The van der Waals surface area contributed by atoms with Crippen molar-refractivity contribution in [3.8, 4) is 0 Å². The number of ether oxygens (including phenoxy) is 1. The lowest BCUT2D eigenvalue weighted by Crippen LogP contribution is -2.22. The highest BCUT2D eigenvalue weighted by Gasteiger charge is 2.23. The van der Waals surface area contributed by atoms with E-state index in [1.54, 1.807) is 6.92 Å². The Balaban J connectivity index is 3.19. The van der Waals surface area contributed by atoms with Gasteiger partial charge in [0, 0.05) is 10.0 Å². The van der Waals surface area contributed by atoms with Crippen LogP contribution in [0, 0.1) is 0 Å². The number of hydrogen-bond donors (Lipinski definition) is 0. The fourth-order valence-electron chi connectivity index (χ4n) is 1.46. The predicted molar refractivity (Wildman–Crippen MR) is 76.8 cm³/mol. The number of halogens is 2. The molecule has 0 amide bonds. The molecule has 0 N–H and O–H groups in total. The van der Waals surface area contributed by atoms with Crippen LogP contribution in [0.1, 0.15) is 19.4 Å². The molecule has 1 aromatic carbocycles. The monoisotopic (exact) mass is 314 g/mol. The number of Topliss-reactive ketones (excluding diaryl/α,β-unsaturated/α-hetero) is 2. The van der Waals surface area contributed by atoms with Gasteiger partial charge in [0.25, 0.3) is 5.78 Å². The van der Waals surface area contributed by atoms with Crippen LogP contribution < -0.4 is 0 Å². The van der Waals surface area contributed by atoms with Crippen LogP contribution in [0.15, 0.2) is 23.8 Å². The van der Waals surface area contributed by atoms with Crippen molar-refractivity contribution < 1.29 is 19.1 Å². The lowest BCUT2D eigenvalue weighted by Gasteiger charge is -2.04. The van der Waals surface area contributed by atoms with Gasteiger partial charge in [-0.1, -0.05) is 23.2 Å². The highest BCUT2D eigenvalue weighted by Crippen LogP contribution is 2.21. The van der Waals surface area contributed by atoms with Crippen LogP contribution in [0.4, 0.5) is 0 Å². The van der Waals surface area contributed by atoms with Crippen molar-refractivity contribution in [2.75, 3.05) is 6.61 Å². The Kier molecular flexibility index (Phi) is 5.92. The molecule has 20 heavy (non-hydrogen) atoms. The smallest absolute Gasteiger partial charge is 0.379 e. The molecule has 0 saturated heterocycles. The molecule has 6 heteroatoms. The van der Waals surface area contributed by atoms with E-state index in [0.29, 0.717) is 15.6 Å². The Labute approximate surface area is 126 Å². The molecule has 0 spiro atoms. The number of rotatable bonds is 5. The van der Waals surface area contributed by atoms with Gasteiger partial charge in [-0.05, 0) is 43.7 Å². The molecule has 0 bridgehead atoms. The minimum Gasteiger partial charge on any atom is -0.460 e. The van der Waals surface area contributed by atoms with E-state index in [2.05, 4.69) is 4.74 Å². The van der Waals surface area contributed by atoms with Crippen molar-refractivity contribution in [3.05, 3.63) is 39.4 Å². The summed E-state index contributed by atoms with van der Waals surface area (Å²) in [7, 11) is 0. The first-order chi connectivity index (χ1) is 9.35. The second-order valence-electron chi connectivity index (χ2n) is 3.87. The Bertz CT molecular complexity index is 571. The zero-order chi connectivity index (χ0) is 15.3. The number of hydrogen-bond acceptors (Lipinski definition) is 4. The Morgan fingerprint density at radius 3 is 2.15 bits per heavy atom. The molecule has 0 aliphatic rings. The van der Waals surface area contributed by atoms with Gasteiger partial charge in [0.1, 0.15) is 0 Å². The van der Waals surface area contributed by atoms with Gasteiger partial charge in [0.05, 0.1) is 12.2 Å². The minimum atomic E-state index is -1.07. The number of carbonyl (C=O) groups excluding carboxylic acids is 3. The maximum absolute atomic E-state index is 11.8. The second kappa shape index (κ2) is 7.22. The summed E-state index contributed by atoms with van der Waals surface area (Å²) in [6.45, 7) is 2.81. The summed E-state index contributed by atoms with van der Waals surface area (Å²) in [5.74, 6) is -2.60. The molecular formula is C14H12Cl2O4. The molecule has 106 valence electrons. The molecule has 1 aromatic rings. The van der Waals surface area contributed by atoms with Crippen LogP contribution >= 0.6 is 23.2 Å². The first-order valence-corrected chi connectivity index (χ1v) is 6.51. The molecule has 0 atom stereocenters. The van der Waals surface area contributed by atoms with Gasteiger partial charge in [-0.2, -0.15) is 0 Å². The lowest BCUT2D eigenvalue weighted by molar-refractivity contribution is -0.152. The summed E-state index contributed by atoms with van der Waals surface area (Å²) in [6, 6.07) is 4.56. The lowest BCUT2D eigenvalue weighted by atomic mass is 10.0. The maximum atomic E-state index is 11.8. The van der Waals surface area contributed by atoms with E-state index in [0.717, 1.165) is 0 Å². The normalized spacial score (nSPS) is 11.1. The van der Waals surface area contributed by atoms with Crippen molar-refractivity contribution in [2.24, 2.45) is 0 Å². The van der Waals surface area contributed by atoms with Crippen LogP contribution in [0.25, 0.3) is 6.08 Å². The first-order valence-electron chi connectivity index (χ1n) is 5.75. The van der Waals surface area contributed by atoms with E-state index in [1.807, 2.05) is 0 Å². The zero-order valence-corrected chi connectivity index (χ0v) is 12.4. The summed E-state index contributed by atoms with van der Waals surface area (Å²) in [4.78, 5) is 34.7. The molecule has 0 heterocycles. The Morgan fingerprint density at radius 1 is 1.15 bits per heavy atom. The standard InChI is InChI=1S/C14H12Cl2O4/c1-3-20-14(19)13(18)12(8(2)17)6-9-4-10(15)7-11(16)5-9/h4-7H,3H2,1-2H3/b12-6-. The highest BCUT2D eigenvalue weighted by molar-refractivity contribution is 6.48. The summed E-state index contributed by atoms with van der Waals surface area (Å²) < 4.78 is 4.59. The van der Waals surface area contributed by atoms with Crippen molar-refractivity contribution >= 4 is 46.8 Å². The van der Waals surface area contributed by atoms with Crippen LogP contribution in [0.2, 0.25) is 10.0 Å². The van der Waals surface area contributed by atoms with E-state index >= 15 is 0 Å². The van der Waals surface area contributed by atoms with E-state index in [9.17, 15) is 14.4 Å². The molecule has 0 aliphatic heterocycles. The average Bonchev–Trinajstić information content (AvgIpc) is 2.34. The summed E-state index contributed by atoms with van der Waals surface area (Å²) in [6.07, 6.45) is 1.26. The molecular weight excluding hydrogens is 303 g/mol. The van der Waals surface area contributed by atoms with Crippen molar-refractivity contribution in [3.63, 3.8) is 0 Å². The second-order valence-corrected chi connectivity index (χ2v) is 4.74. The third kappa shape index (κ3) is 4.47. The Morgan fingerprint density at radius 2 is 1.70 bits per heavy atom. The molecule has 4 nitrogen and oxygen atoms in total. The number of ketones is 2. The SMILES string of the molecule is CCOC(=O)C(=O)/C(=C\c1cc(Cl)cc(Cl)c1)C(C)=O.